The highest BCUT2D eigenvalue weighted by Gasteiger charge is 2.49. The lowest BCUT2D eigenvalue weighted by Gasteiger charge is -2.50. The van der Waals surface area contributed by atoms with Crippen LogP contribution in [0.15, 0.2) is 24.8 Å². The highest BCUT2D eigenvalue weighted by atomic mass is 35.5. The fourth-order valence-corrected chi connectivity index (χ4v) is 4.51. The molecule has 2 aliphatic rings. The van der Waals surface area contributed by atoms with E-state index in [0.717, 1.165) is 17.8 Å². The van der Waals surface area contributed by atoms with Crippen LogP contribution in [0.4, 0.5) is 0 Å². The summed E-state index contributed by atoms with van der Waals surface area (Å²) in [5, 5.41) is 0.434. The number of H-pyrrole nitrogens is 1. The van der Waals surface area contributed by atoms with Crippen molar-refractivity contribution in [1.29, 1.82) is 0 Å². The molecule has 9 heteroatoms. The quantitative estimate of drug-likeness (QED) is 0.840. The van der Waals surface area contributed by atoms with Gasteiger partial charge in [0.05, 0.1) is 28.1 Å². The highest BCUT2D eigenvalue weighted by Crippen LogP contribution is 2.42. The Morgan fingerprint density at radius 2 is 2.07 bits per heavy atom. The number of piperidine rings is 1. The van der Waals surface area contributed by atoms with E-state index in [1.165, 1.54) is 19.5 Å². The Bertz CT molecular complexity index is 891. The van der Waals surface area contributed by atoms with Gasteiger partial charge in [-0.1, -0.05) is 11.6 Å². The van der Waals surface area contributed by atoms with Crippen molar-refractivity contribution in [1.82, 2.24) is 24.8 Å². The minimum absolute atomic E-state index is 0.0400. The van der Waals surface area contributed by atoms with E-state index in [1.807, 2.05) is 4.90 Å². The lowest BCUT2D eigenvalue weighted by atomic mass is 9.78. The first-order valence-electron chi connectivity index (χ1n) is 9.27. The molecule has 4 rings (SSSR count). The molecule has 0 unspecified atom stereocenters. The summed E-state index contributed by atoms with van der Waals surface area (Å²) < 4.78 is 5.09. The van der Waals surface area contributed by atoms with Crippen molar-refractivity contribution >= 4 is 23.4 Å². The number of rotatable bonds is 3. The minimum atomic E-state index is -0.507. The molecule has 0 atom stereocenters. The second kappa shape index (κ2) is 7.52. The van der Waals surface area contributed by atoms with Crippen molar-refractivity contribution in [2.24, 2.45) is 0 Å². The molecular weight excluding hydrogens is 382 g/mol. The number of hydrogen-bond donors (Lipinski definition) is 1. The second-order valence-corrected chi connectivity index (χ2v) is 7.61. The molecular formula is C19H22ClN5O3. The molecule has 0 saturated carbocycles. The molecule has 1 fully saturated rings. The first kappa shape index (κ1) is 18.9. The summed E-state index contributed by atoms with van der Waals surface area (Å²) >= 11 is 5.97. The number of amides is 2. The zero-order chi connectivity index (χ0) is 19.7. The molecule has 2 aromatic rings. The number of nitrogens with one attached hydrogen (secondary N) is 1. The largest absolute Gasteiger partial charge is 0.375 e. The molecule has 28 heavy (non-hydrogen) atoms. The Kier molecular flexibility index (Phi) is 5.07. The van der Waals surface area contributed by atoms with Gasteiger partial charge in [-0.25, -0.2) is 4.98 Å². The molecule has 1 N–H and O–H groups in total. The highest BCUT2D eigenvalue weighted by molar-refractivity contribution is 6.30. The molecule has 1 spiro atoms. The zero-order valence-electron chi connectivity index (χ0n) is 15.7. The number of halogens is 1. The number of nitrogens with zero attached hydrogens (tertiary/aromatic N) is 4. The average molecular weight is 404 g/mol. The number of pyridine rings is 1. The van der Waals surface area contributed by atoms with E-state index in [9.17, 15) is 9.59 Å². The van der Waals surface area contributed by atoms with Crippen molar-refractivity contribution < 1.29 is 14.3 Å². The van der Waals surface area contributed by atoms with Crippen molar-refractivity contribution in [3.05, 3.63) is 46.8 Å². The monoisotopic (exact) mass is 403 g/mol. The topological polar surface area (TPSA) is 91.4 Å². The van der Waals surface area contributed by atoms with Crippen molar-refractivity contribution in [2.75, 3.05) is 33.4 Å². The Morgan fingerprint density at radius 3 is 2.79 bits per heavy atom. The van der Waals surface area contributed by atoms with Gasteiger partial charge in [0.15, 0.2) is 0 Å². The van der Waals surface area contributed by atoms with Gasteiger partial charge < -0.3 is 19.5 Å². The van der Waals surface area contributed by atoms with Gasteiger partial charge in [0.1, 0.15) is 6.61 Å². The fraction of sp³-hybridized carbons (Fsp3) is 0.474. The van der Waals surface area contributed by atoms with Crippen LogP contribution in [-0.2, 0) is 21.5 Å². The predicted octanol–water partition coefficient (Wildman–Crippen LogP) is 1.62. The molecule has 0 aliphatic carbocycles. The Hall–Kier alpha value is -2.45. The number of carbonyl (C=O) groups is 2. The SMILES string of the molecule is COCC(=O)N1CCc2[nH]cnc2C12CCN(C(=O)c1cncc(Cl)c1)CC2. The first-order valence-corrected chi connectivity index (χ1v) is 9.65. The smallest absolute Gasteiger partial charge is 0.255 e. The van der Waals surface area contributed by atoms with Crippen LogP contribution in [0.1, 0.15) is 34.6 Å². The third kappa shape index (κ3) is 3.16. The number of aromatic nitrogens is 3. The van der Waals surface area contributed by atoms with Crippen LogP contribution in [0.5, 0.6) is 0 Å². The fourth-order valence-electron chi connectivity index (χ4n) is 4.34. The number of methoxy groups -OCH3 is 1. The third-order valence-electron chi connectivity index (χ3n) is 5.66. The number of aromatic amines is 1. The van der Waals surface area contributed by atoms with Crippen molar-refractivity contribution in [2.45, 2.75) is 24.8 Å². The zero-order valence-corrected chi connectivity index (χ0v) is 16.4. The van der Waals surface area contributed by atoms with Gasteiger partial charge in [-0.05, 0) is 18.9 Å². The second-order valence-electron chi connectivity index (χ2n) is 7.17. The number of fused-ring (bicyclic) bond motifs is 2. The maximum absolute atomic E-state index is 12.8. The summed E-state index contributed by atoms with van der Waals surface area (Å²) in [6, 6.07) is 1.63. The van der Waals surface area contributed by atoms with Crippen molar-refractivity contribution in [3.63, 3.8) is 0 Å². The maximum Gasteiger partial charge on any atom is 0.255 e. The van der Waals surface area contributed by atoms with E-state index in [4.69, 9.17) is 16.3 Å². The Morgan fingerprint density at radius 1 is 1.29 bits per heavy atom. The molecule has 1 saturated heterocycles. The summed E-state index contributed by atoms with van der Waals surface area (Å²) in [6.07, 6.45) is 6.71. The van der Waals surface area contributed by atoms with Crippen LogP contribution in [0.3, 0.4) is 0 Å². The van der Waals surface area contributed by atoms with Gasteiger partial charge in [0.25, 0.3) is 5.91 Å². The average Bonchev–Trinajstić information content (AvgIpc) is 3.18. The van der Waals surface area contributed by atoms with E-state index in [0.29, 0.717) is 43.1 Å². The summed E-state index contributed by atoms with van der Waals surface area (Å²) in [5.41, 5.74) is 1.95. The van der Waals surface area contributed by atoms with Crippen LogP contribution in [0, 0.1) is 0 Å². The van der Waals surface area contributed by atoms with E-state index >= 15 is 0 Å². The Labute approximate surface area is 167 Å². The van der Waals surface area contributed by atoms with Crippen LogP contribution in [0.2, 0.25) is 5.02 Å². The lowest BCUT2D eigenvalue weighted by molar-refractivity contribution is -0.145. The van der Waals surface area contributed by atoms with Gasteiger partial charge in [0.2, 0.25) is 5.91 Å². The molecule has 8 nitrogen and oxygen atoms in total. The first-order chi connectivity index (χ1) is 13.5. The number of likely N-dealkylation sites (tertiary alicyclic amines) is 1. The van der Waals surface area contributed by atoms with Crippen LogP contribution in [0.25, 0.3) is 0 Å². The molecule has 2 amide bonds. The normalized spacial score (nSPS) is 18.2. The molecule has 0 bridgehead atoms. The van der Waals surface area contributed by atoms with E-state index in [2.05, 4.69) is 15.0 Å². The van der Waals surface area contributed by atoms with Gasteiger partial charge in [-0.15, -0.1) is 0 Å². The van der Waals surface area contributed by atoms with Crippen LogP contribution < -0.4 is 0 Å². The van der Waals surface area contributed by atoms with Crippen LogP contribution in [-0.4, -0.2) is 69.9 Å². The third-order valence-corrected chi connectivity index (χ3v) is 5.87. The standard InChI is InChI=1S/C19H22ClN5O3/c1-28-11-16(26)25-5-2-15-17(23-12-22-15)19(25)3-6-24(7-4-19)18(27)13-8-14(20)10-21-9-13/h8-10,12H,2-7,11H2,1H3,(H,22,23). The molecule has 0 aromatic carbocycles. The molecule has 0 radical (unpaired) electrons. The van der Waals surface area contributed by atoms with Gasteiger partial charge in [-0.2, -0.15) is 0 Å². The summed E-state index contributed by atoms with van der Waals surface area (Å²) in [4.78, 5) is 41.0. The summed E-state index contributed by atoms with van der Waals surface area (Å²) in [5.74, 6) is -0.146. The Balaban J connectivity index is 1.58. The molecule has 2 aliphatic heterocycles. The molecule has 4 heterocycles. The predicted molar refractivity (Wildman–Crippen MR) is 102 cm³/mol. The lowest BCUT2D eigenvalue weighted by Crippen LogP contribution is -2.59. The number of hydrogen-bond acceptors (Lipinski definition) is 5. The van der Waals surface area contributed by atoms with Gasteiger partial charge >= 0.3 is 0 Å². The minimum Gasteiger partial charge on any atom is -0.375 e. The van der Waals surface area contributed by atoms with E-state index in [1.54, 1.807) is 17.3 Å². The van der Waals surface area contributed by atoms with Crippen molar-refractivity contribution in [3.8, 4) is 0 Å². The molecule has 148 valence electrons. The van der Waals surface area contributed by atoms with Gasteiger partial charge in [-0.3, -0.25) is 14.6 Å². The summed E-state index contributed by atoms with van der Waals surface area (Å²) in [7, 11) is 1.52. The summed E-state index contributed by atoms with van der Waals surface area (Å²) in [6.45, 7) is 1.70. The number of ether oxygens (including phenoxy) is 1. The van der Waals surface area contributed by atoms with Gasteiger partial charge in [0, 0.05) is 51.3 Å². The number of imidazole rings is 1. The van der Waals surface area contributed by atoms with Crippen LogP contribution >= 0.6 is 11.6 Å². The number of carbonyl (C=O) groups excluding carboxylic acids is 2. The maximum atomic E-state index is 12.8. The molecule has 2 aromatic heterocycles. The van der Waals surface area contributed by atoms with E-state index < -0.39 is 5.54 Å². The van der Waals surface area contributed by atoms with E-state index in [-0.39, 0.29) is 18.4 Å².